The Kier molecular flexibility index (Phi) is 6.67. The van der Waals surface area contributed by atoms with E-state index in [0.29, 0.717) is 5.88 Å². The Morgan fingerprint density at radius 3 is 2.90 bits per heavy atom. The Balaban J connectivity index is 1.98. The van der Waals surface area contributed by atoms with Crippen LogP contribution in [0.25, 0.3) is 11.0 Å². The van der Waals surface area contributed by atoms with E-state index in [1.807, 2.05) is 30.2 Å². The highest BCUT2D eigenvalue weighted by molar-refractivity contribution is 7.98. The van der Waals surface area contributed by atoms with E-state index in [1.165, 1.54) is 37.0 Å². The van der Waals surface area contributed by atoms with Crippen LogP contribution < -0.4 is 0 Å². The molecule has 0 unspecified atom stereocenters. The molecule has 0 amide bonds. The summed E-state index contributed by atoms with van der Waals surface area (Å²) in [5, 5.41) is 0. The monoisotopic (exact) mass is 311 g/mol. The SMILES string of the molecule is CSCCCCCCn1c(CCCl)nc2cnccc21. The maximum Gasteiger partial charge on any atom is 0.111 e. The number of nitrogens with zero attached hydrogens (tertiary/aromatic N) is 3. The van der Waals surface area contributed by atoms with Crippen LogP contribution in [0.2, 0.25) is 0 Å². The summed E-state index contributed by atoms with van der Waals surface area (Å²) in [7, 11) is 0. The zero-order valence-corrected chi connectivity index (χ0v) is 13.6. The molecule has 0 radical (unpaired) electrons. The molecule has 0 aliphatic carbocycles. The van der Waals surface area contributed by atoms with Crippen molar-refractivity contribution in [2.45, 2.75) is 38.6 Å². The van der Waals surface area contributed by atoms with Gasteiger partial charge in [-0.25, -0.2) is 4.98 Å². The van der Waals surface area contributed by atoms with Crippen LogP contribution in [0.3, 0.4) is 0 Å². The van der Waals surface area contributed by atoms with Gasteiger partial charge in [-0.05, 0) is 30.9 Å². The van der Waals surface area contributed by atoms with Crippen molar-refractivity contribution in [3.63, 3.8) is 0 Å². The molecule has 0 spiro atoms. The first kappa shape index (κ1) is 15.6. The van der Waals surface area contributed by atoms with Gasteiger partial charge in [0.25, 0.3) is 0 Å². The predicted octanol–water partition coefficient (Wildman–Crippen LogP) is 4.14. The minimum Gasteiger partial charge on any atom is -0.328 e. The van der Waals surface area contributed by atoms with Gasteiger partial charge in [0.15, 0.2) is 0 Å². The number of halogens is 1. The quantitative estimate of drug-likeness (QED) is 0.515. The summed E-state index contributed by atoms with van der Waals surface area (Å²) < 4.78 is 2.31. The third-order valence-corrected chi connectivity index (χ3v) is 4.31. The Bertz CT molecular complexity index is 527. The topological polar surface area (TPSA) is 30.7 Å². The van der Waals surface area contributed by atoms with Crippen molar-refractivity contribution in [1.82, 2.24) is 14.5 Å². The number of fused-ring (bicyclic) bond motifs is 1. The maximum absolute atomic E-state index is 5.88. The fourth-order valence-corrected chi connectivity index (χ4v) is 3.09. The number of rotatable bonds is 9. The Hall–Kier alpha value is -0.740. The first-order chi connectivity index (χ1) is 9.86. The molecule has 2 aromatic rings. The third kappa shape index (κ3) is 4.13. The van der Waals surface area contributed by atoms with Crippen molar-refractivity contribution < 1.29 is 0 Å². The Morgan fingerprint density at radius 2 is 2.10 bits per heavy atom. The highest BCUT2D eigenvalue weighted by Crippen LogP contribution is 2.17. The second kappa shape index (κ2) is 8.53. The van der Waals surface area contributed by atoms with E-state index in [2.05, 4.69) is 20.8 Å². The fourth-order valence-electron chi connectivity index (χ4n) is 2.43. The van der Waals surface area contributed by atoms with Gasteiger partial charge in [0.05, 0.1) is 11.7 Å². The van der Waals surface area contributed by atoms with Crippen molar-refractivity contribution in [1.29, 1.82) is 0 Å². The van der Waals surface area contributed by atoms with E-state index in [0.717, 1.165) is 24.3 Å². The molecule has 0 aliphatic rings. The summed E-state index contributed by atoms with van der Waals surface area (Å²) in [5.41, 5.74) is 2.17. The largest absolute Gasteiger partial charge is 0.328 e. The molecule has 0 bridgehead atoms. The molecular weight excluding hydrogens is 290 g/mol. The number of unbranched alkanes of at least 4 members (excludes halogenated alkanes) is 3. The van der Waals surface area contributed by atoms with E-state index < -0.39 is 0 Å². The zero-order valence-electron chi connectivity index (χ0n) is 12.0. The molecule has 0 aromatic carbocycles. The minimum absolute atomic E-state index is 0.616. The first-order valence-electron chi connectivity index (χ1n) is 7.21. The van der Waals surface area contributed by atoms with Gasteiger partial charge in [0.1, 0.15) is 11.3 Å². The van der Waals surface area contributed by atoms with Crippen molar-refractivity contribution in [2.24, 2.45) is 0 Å². The number of hydrogen-bond acceptors (Lipinski definition) is 3. The summed E-state index contributed by atoms with van der Waals surface area (Å²) in [4.78, 5) is 8.79. The Morgan fingerprint density at radius 1 is 1.25 bits per heavy atom. The number of thioether (sulfide) groups is 1. The fraction of sp³-hybridized carbons (Fsp3) is 0.600. The molecule has 110 valence electrons. The average molecular weight is 312 g/mol. The van der Waals surface area contributed by atoms with Crippen molar-refractivity contribution in [3.8, 4) is 0 Å². The molecule has 0 aliphatic heterocycles. The highest BCUT2D eigenvalue weighted by atomic mass is 35.5. The van der Waals surface area contributed by atoms with Crippen molar-refractivity contribution in [2.75, 3.05) is 17.9 Å². The smallest absolute Gasteiger partial charge is 0.111 e. The van der Waals surface area contributed by atoms with Gasteiger partial charge in [-0.3, -0.25) is 4.98 Å². The van der Waals surface area contributed by atoms with Crippen LogP contribution in [-0.2, 0) is 13.0 Å². The van der Waals surface area contributed by atoms with E-state index in [-0.39, 0.29) is 0 Å². The number of alkyl halides is 1. The molecule has 0 saturated heterocycles. The normalized spacial score (nSPS) is 11.3. The third-order valence-electron chi connectivity index (χ3n) is 3.43. The predicted molar refractivity (Wildman–Crippen MR) is 88.8 cm³/mol. The molecular formula is C15H22ClN3S. The van der Waals surface area contributed by atoms with Crippen LogP contribution in [0.15, 0.2) is 18.5 Å². The molecule has 5 heteroatoms. The van der Waals surface area contributed by atoms with Crippen LogP contribution in [-0.4, -0.2) is 32.4 Å². The van der Waals surface area contributed by atoms with E-state index >= 15 is 0 Å². The zero-order chi connectivity index (χ0) is 14.2. The van der Waals surface area contributed by atoms with Gasteiger partial charge in [-0.1, -0.05) is 12.8 Å². The molecule has 20 heavy (non-hydrogen) atoms. The summed E-state index contributed by atoms with van der Waals surface area (Å²) in [6, 6.07) is 2.05. The molecule has 0 atom stereocenters. The van der Waals surface area contributed by atoms with Crippen LogP contribution in [0.4, 0.5) is 0 Å². The molecule has 0 N–H and O–H groups in total. The highest BCUT2D eigenvalue weighted by Gasteiger charge is 2.09. The van der Waals surface area contributed by atoms with Crippen LogP contribution >= 0.6 is 23.4 Å². The van der Waals surface area contributed by atoms with Crippen LogP contribution in [0, 0.1) is 0 Å². The lowest BCUT2D eigenvalue weighted by Gasteiger charge is -2.08. The molecule has 2 heterocycles. The molecule has 0 saturated carbocycles. The Labute approximate surface area is 130 Å². The van der Waals surface area contributed by atoms with E-state index in [4.69, 9.17) is 11.6 Å². The van der Waals surface area contributed by atoms with Gasteiger partial charge < -0.3 is 4.57 Å². The van der Waals surface area contributed by atoms with Crippen LogP contribution in [0.5, 0.6) is 0 Å². The maximum atomic E-state index is 5.88. The number of imidazole rings is 1. The average Bonchev–Trinajstić information content (AvgIpc) is 2.81. The first-order valence-corrected chi connectivity index (χ1v) is 9.13. The van der Waals surface area contributed by atoms with Gasteiger partial charge >= 0.3 is 0 Å². The second-order valence-electron chi connectivity index (χ2n) is 4.89. The van der Waals surface area contributed by atoms with E-state index in [1.54, 1.807) is 0 Å². The molecule has 3 nitrogen and oxygen atoms in total. The van der Waals surface area contributed by atoms with Crippen molar-refractivity contribution in [3.05, 3.63) is 24.3 Å². The summed E-state index contributed by atoms with van der Waals surface area (Å²) in [6.07, 6.45) is 11.8. The molecule has 0 fully saturated rings. The summed E-state index contributed by atoms with van der Waals surface area (Å²) in [5.74, 6) is 2.98. The number of hydrogen-bond donors (Lipinski definition) is 0. The van der Waals surface area contributed by atoms with Gasteiger partial charge in [0.2, 0.25) is 0 Å². The second-order valence-corrected chi connectivity index (χ2v) is 6.25. The lowest BCUT2D eigenvalue weighted by molar-refractivity contribution is 0.578. The molecule has 2 rings (SSSR count). The minimum atomic E-state index is 0.616. The standard InChI is InChI=1S/C15H22ClN3S/c1-20-11-5-3-2-4-10-19-14-7-9-17-12-13(14)18-15(19)6-8-16/h7,9,12H,2-6,8,10-11H2,1H3. The number of aryl methyl sites for hydroxylation is 2. The molecule has 2 aromatic heterocycles. The van der Waals surface area contributed by atoms with Crippen molar-refractivity contribution >= 4 is 34.4 Å². The van der Waals surface area contributed by atoms with E-state index in [9.17, 15) is 0 Å². The van der Waals surface area contributed by atoms with Gasteiger partial charge in [0, 0.05) is 25.0 Å². The lowest BCUT2D eigenvalue weighted by Crippen LogP contribution is -2.05. The number of pyridine rings is 1. The van der Waals surface area contributed by atoms with Gasteiger partial charge in [-0.2, -0.15) is 11.8 Å². The lowest BCUT2D eigenvalue weighted by atomic mass is 10.2. The summed E-state index contributed by atoms with van der Waals surface area (Å²) in [6.45, 7) is 1.03. The summed E-state index contributed by atoms with van der Waals surface area (Å²) >= 11 is 7.81. The van der Waals surface area contributed by atoms with Gasteiger partial charge in [-0.15, -0.1) is 11.6 Å². The van der Waals surface area contributed by atoms with Crippen LogP contribution in [0.1, 0.15) is 31.5 Å². The number of aromatic nitrogens is 3.